The second kappa shape index (κ2) is 4.76. The summed E-state index contributed by atoms with van der Waals surface area (Å²) in [5.74, 6) is 1.71. The second-order valence-electron chi connectivity index (χ2n) is 3.71. The summed E-state index contributed by atoms with van der Waals surface area (Å²) in [4.78, 5) is 0. The summed E-state index contributed by atoms with van der Waals surface area (Å²) < 4.78 is 5.06. The highest BCUT2D eigenvalue weighted by molar-refractivity contribution is 4.86. The van der Waals surface area contributed by atoms with Gasteiger partial charge in [0.05, 0.1) is 0 Å². The molecule has 1 rings (SSSR count). The van der Waals surface area contributed by atoms with E-state index >= 15 is 0 Å². The predicted octanol–water partition coefficient (Wildman–Crippen LogP) is 2.66. The fraction of sp³-hybridized carbons (Fsp3) is 0.900. The van der Waals surface area contributed by atoms with Crippen LogP contribution in [-0.2, 0) is 4.74 Å². The molecule has 0 bridgehead atoms. The number of rotatable bonds is 6. The van der Waals surface area contributed by atoms with Crippen molar-refractivity contribution in [1.82, 2.24) is 0 Å². The van der Waals surface area contributed by atoms with E-state index in [1.54, 1.807) is 7.11 Å². The lowest BCUT2D eigenvalue weighted by Gasteiger charge is -2.08. The second-order valence-corrected chi connectivity index (χ2v) is 3.71. The zero-order valence-corrected chi connectivity index (χ0v) is 7.68. The molecular formula is C10H19O. The van der Waals surface area contributed by atoms with Crippen LogP contribution < -0.4 is 0 Å². The molecule has 0 amide bonds. The number of methoxy groups -OCH3 is 1. The molecule has 0 aliphatic heterocycles. The third kappa shape index (κ3) is 4.41. The zero-order valence-electron chi connectivity index (χ0n) is 7.68. The van der Waals surface area contributed by atoms with Crippen LogP contribution in [0.2, 0.25) is 0 Å². The van der Waals surface area contributed by atoms with Crippen molar-refractivity contribution in [3.8, 4) is 0 Å². The molecule has 0 aromatic carbocycles. The summed E-state index contributed by atoms with van der Waals surface area (Å²) in [6, 6.07) is 0. The maximum Gasteiger partial charge on any atom is 0.0487 e. The molecule has 0 heterocycles. The SMILES string of the molecule is COCC(C)CC[CH]C1CC1. The highest BCUT2D eigenvalue weighted by Crippen LogP contribution is 2.33. The molecule has 1 radical (unpaired) electrons. The first-order valence-corrected chi connectivity index (χ1v) is 4.65. The Kier molecular flexibility index (Phi) is 3.92. The molecule has 1 aliphatic carbocycles. The first-order valence-electron chi connectivity index (χ1n) is 4.65. The lowest BCUT2D eigenvalue weighted by molar-refractivity contribution is 0.155. The molecule has 1 fully saturated rings. The van der Waals surface area contributed by atoms with Crippen LogP contribution in [0.3, 0.4) is 0 Å². The Balaban J connectivity index is 1.84. The van der Waals surface area contributed by atoms with Gasteiger partial charge in [0.25, 0.3) is 0 Å². The fourth-order valence-corrected chi connectivity index (χ4v) is 1.32. The van der Waals surface area contributed by atoms with Gasteiger partial charge in [-0.15, -0.1) is 0 Å². The van der Waals surface area contributed by atoms with Crippen LogP contribution in [0.4, 0.5) is 0 Å². The van der Waals surface area contributed by atoms with E-state index < -0.39 is 0 Å². The molecule has 1 unspecified atom stereocenters. The van der Waals surface area contributed by atoms with E-state index in [-0.39, 0.29) is 0 Å². The van der Waals surface area contributed by atoms with Gasteiger partial charge >= 0.3 is 0 Å². The van der Waals surface area contributed by atoms with Gasteiger partial charge in [-0.3, -0.25) is 0 Å². The first kappa shape index (κ1) is 9.05. The Morgan fingerprint density at radius 1 is 1.55 bits per heavy atom. The maximum absolute atomic E-state index is 5.06. The highest BCUT2D eigenvalue weighted by atomic mass is 16.5. The first-order chi connectivity index (χ1) is 5.33. The van der Waals surface area contributed by atoms with Gasteiger partial charge in [-0.2, -0.15) is 0 Å². The van der Waals surface area contributed by atoms with E-state index in [2.05, 4.69) is 13.3 Å². The Morgan fingerprint density at radius 3 is 2.82 bits per heavy atom. The Morgan fingerprint density at radius 2 is 2.27 bits per heavy atom. The molecule has 1 atom stereocenters. The van der Waals surface area contributed by atoms with Crippen LogP contribution >= 0.6 is 0 Å². The lowest BCUT2D eigenvalue weighted by Crippen LogP contribution is -2.03. The molecule has 0 aromatic rings. The largest absolute Gasteiger partial charge is 0.384 e. The molecule has 11 heavy (non-hydrogen) atoms. The summed E-state index contributed by atoms with van der Waals surface area (Å²) in [5, 5.41) is 0. The molecule has 1 nitrogen and oxygen atoms in total. The Bertz CT molecular complexity index is 97.0. The van der Waals surface area contributed by atoms with E-state index in [4.69, 9.17) is 4.74 Å². The van der Waals surface area contributed by atoms with Gasteiger partial charge < -0.3 is 4.74 Å². The predicted molar refractivity (Wildman–Crippen MR) is 47.3 cm³/mol. The Labute approximate surface area is 70.1 Å². The van der Waals surface area contributed by atoms with Gasteiger partial charge in [0.15, 0.2) is 0 Å². The molecule has 1 saturated carbocycles. The quantitative estimate of drug-likeness (QED) is 0.573. The average Bonchev–Trinajstić information content (AvgIpc) is 2.72. The van der Waals surface area contributed by atoms with Gasteiger partial charge in [0.1, 0.15) is 0 Å². The highest BCUT2D eigenvalue weighted by Gasteiger charge is 2.20. The topological polar surface area (TPSA) is 9.23 Å². The average molecular weight is 155 g/mol. The number of hydrogen-bond donors (Lipinski definition) is 0. The van der Waals surface area contributed by atoms with Gasteiger partial charge in [-0.05, 0) is 43.9 Å². The third-order valence-electron chi connectivity index (χ3n) is 2.23. The number of ether oxygens (including phenoxy) is 1. The normalized spacial score (nSPS) is 20.2. The molecular weight excluding hydrogens is 136 g/mol. The van der Waals surface area contributed by atoms with Crippen LogP contribution in [0, 0.1) is 18.3 Å². The smallest absolute Gasteiger partial charge is 0.0487 e. The van der Waals surface area contributed by atoms with Crippen molar-refractivity contribution in [3.05, 3.63) is 6.42 Å². The van der Waals surface area contributed by atoms with Crippen LogP contribution in [0.15, 0.2) is 0 Å². The van der Waals surface area contributed by atoms with Crippen LogP contribution in [-0.4, -0.2) is 13.7 Å². The fourth-order valence-electron chi connectivity index (χ4n) is 1.32. The summed E-state index contributed by atoms with van der Waals surface area (Å²) in [5.41, 5.74) is 0. The van der Waals surface area contributed by atoms with E-state index in [0.29, 0.717) is 0 Å². The van der Waals surface area contributed by atoms with E-state index in [1.807, 2.05) is 0 Å². The van der Waals surface area contributed by atoms with Crippen molar-refractivity contribution < 1.29 is 4.74 Å². The van der Waals surface area contributed by atoms with Crippen molar-refractivity contribution in [3.63, 3.8) is 0 Å². The van der Waals surface area contributed by atoms with Crippen LogP contribution in [0.25, 0.3) is 0 Å². The van der Waals surface area contributed by atoms with Crippen molar-refractivity contribution >= 4 is 0 Å². The Hall–Kier alpha value is -0.0400. The minimum atomic E-state index is 0.731. The molecule has 1 aliphatic rings. The molecule has 65 valence electrons. The van der Waals surface area contributed by atoms with Crippen LogP contribution in [0.1, 0.15) is 32.6 Å². The summed E-state index contributed by atoms with van der Waals surface area (Å²) in [7, 11) is 1.78. The molecule has 0 saturated heterocycles. The summed E-state index contributed by atoms with van der Waals surface area (Å²) in [6.07, 6.45) is 7.95. The summed E-state index contributed by atoms with van der Waals surface area (Å²) >= 11 is 0. The molecule has 0 aromatic heterocycles. The van der Waals surface area contributed by atoms with Gasteiger partial charge in [0.2, 0.25) is 0 Å². The van der Waals surface area contributed by atoms with Gasteiger partial charge in [0, 0.05) is 13.7 Å². The monoisotopic (exact) mass is 155 g/mol. The van der Waals surface area contributed by atoms with Crippen molar-refractivity contribution in [2.75, 3.05) is 13.7 Å². The van der Waals surface area contributed by atoms with Crippen molar-refractivity contribution in [2.24, 2.45) is 11.8 Å². The van der Waals surface area contributed by atoms with Gasteiger partial charge in [-0.25, -0.2) is 0 Å². The minimum absolute atomic E-state index is 0.731. The van der Waals surface area contributed by atoms with Crippen LogP contribution in [0.5, 0.6) is 0 Å². The third-order valence-corrected chi connectivity index (χ3v) is 2.23. The van der Waals surface area contributed by atoms with E-state index in [9.17, 15) is 0 Å². The molecule has 0 spiro atoms. The number of hydrogen-bond acceptors (Lipinski definition) is 1. The molecule has 1 heteroatoms. The maximum atomic E-state index is 5.06. The van der Waals surface area contributed by atoms with E-state index in [0.717, 1.165) is 18.4 Å². The summed E-state index contributed by atoms with van der Waals surface area (Å²) in [6.45, 7) is 3.17. The van der Waals surface area contributed by atoms with Crippen molar-refractivity contribution in [1.29, 1.82) is 0 Å². The molecule has 0 N–H and O–H groups in total. The van der Waals surface area contributed by atoms with E-state index in [1.165, 1.54) is 25.7 Å². The minimum Gasteiger partial charge on any atom is -0.384 e. The van der Waals surface area contributed by atoms with Gasteiger partial charge in [-0.1, -0.05) is 6.92 Å². The van der Waals surface area contributed by atoms with Crippen molar-refractivity contribution in [2.45, 2.75) is 32.6 Å². The standard InChI is InChI=1S/C10H19O/c1-9(8-11-2)4-3-5-10-6-7-10/h5,9-10H,3-4,6-8H2,1-2H3. The lowest BCUT2D eigenvalue weighted by atomic mass is 10.0. The zero-order chi connectivity index (χ0) is 8.10.